The van der Waals surface area contributed by atoms with Gasteiger partial charge in [0, 0.05) is 12.3 Å². The lowest BCUT2D eigenvalue weighted by Crippen LogP contribution is -2.37. The number of hydrogen-bond acceptors (Lipinski definition) is 3. The van der Waals surface area contributed by atoms with Crippen molar-refractivity contribution in [2.45, 2.75) is 64.9 Å². The molecule has 1 aromatic heterocycles. The fourth-order valence-electron chi connectivity index (χ4n) is 3.32. The highest BCUT2D eigenvalue weighted by Gasteiger charge is 2.39. The molecule has 0 spiro atoms. The predicted molar refractivity (Wildman–Crippen MR) is 84.4 cm³/mol. The van der Waals surface area contributed by atoms with E-state index in [1.54, 1.807) is 0 Å². The fraction of sp³-hybridized carbons (Fsp3) is 0.750. The first-order valence-corrected chi connectivity index (χ1v) is 8.25. The van der Waals surface area contributed by atoms with Gasteiger partial charge in [-0.3, -0.25) is 0 Å². The van der Waals surface area contributed by atoms with E-state index in [0.29, 0.717) is 17.2 Å². The molecule has 2 atom stereocenters. The number of rotatable bonds is 5. The third-order valence-electron chi connectivity index (χ3n) is 4.13. The van der Waals surface area contributed by atoms with Gasteiger partial charge >= 0.3 is 0 Å². The van der Waals surface area contributed by atoms with Crippen molar-refractivity contribution in [3.63, 3.8) is 0 Å². The van der Waals surface area contributed by atoms with Gasteiger partial charge in [-0.05, 0) is 44.6 Å². The Morgan fingerprint density at radius 2 is 2.30 bits per heavy atom. The number of nitrogens with one attached hydrogen (secondary N) is 1. The van der Waals surface area contributed by atoms with Crippen molar-refractivity contribution in [1.29, 1.82) is 0 Å². The molecule has 1 aliphatic rings. The van der Waals surface area contributed by atoms with Crippen LogP contribution in [0, 0.1) is 10.6 Å². The van der Waals surface area contributed by atoms with Crippen molar-refractivity contribution in [2.24, 2.45) is 5.92 Å². The van der Waals surface area contributed by atoms with Crippen LogP contribution in [0.1, 0.15) is 64.4 Å². The van der Waals surface area contributed by atoms with Crippen molar-refractivity contribution >= 4 is 12.2 Å². The molecule has 0 amide bonds. The van der Waals surface area contributed by atoms with Crippen LogP contribution >= 0.6 is 12.2 Å². The van der Waals surface area contributed by atoms with Crippen molar-refractivity contribution in [2.75, 3.05) is 6.61 Å². The minimum atomic E-state index is -0.260. The number of hydrogen-bond donors (Lipinski definition) is 1. The Labute approximate surface area is 127 Å². The Hall–Kier alpha value is -0.740. The number of aromatic amines is 1. The molecular weight excluding hydrogens is 268 g/mol. The van der Waals surface area contributed by atoms with Crippen LogP contribution in [-0.4, -0.2) is 16.6 Å². The lowest BCUT2D eigenvalue weighted by Gasteiger charge is -2.39. The molecule has 1 saturated carbocycles. The summed E-state index contributed by atoms with van der Waals surface area (Å²) in [5, 5.41) is 0. The van der Waals surface area contributed by atoms with Crippen molar-refractivity contribution < 1.29 is 4.74 Å². The van der Waals surface area contributed by atoms with E-state index in [4.69, 9.17) is 17.0 Å². The van der Waals surface area contributed by atoms with Gasteiger partial charge < -0.3 is 9.72 Å². The largest absolute Gasteiger partial charge is 0.367 e. The van der Waals surface area contributed by atoms with Crippen LogP contribution in [0.3, 0.4) is 0 Å². The highest BCUT2D eigenvalue weighted by Crippen LogP contribution is 2.41. The lowest BCUT2D eigenvalue weighted by molar-refractivity contribution is -0.0882. The highest BCUT2D eigenvalue weighted by molar-refractivity contribution is 7.71. The van der Waals surface area contributed by atoms with Crippen molar-refractivity contribution in [3.05, 3.63) is 22.2 Å². The van der Waals surface area contributed by atoms with E-state index < -0.39 is 0 Å². The number of aromatic nitrogens is 2. The topological polar surface area (TPSA) is 37.9 Å². The average Bonchev–Trinajstić information content (AvgIpc) is 2.39. The van der Waals surface area contributed by atoms with Crippen LogP contribution in [-0.2, 0) is 16.8 Å². The minimum Gasteiger partial charge on any atom is -0.367 e. The van der Waals surface area contributed by atoms with E-state index in [-0.39, 0.29) is 5.60 Å². The smallest absolute Gasteiger partial charge is 0.140 e. The summed E-state index contributed by atoms with van der Waals surface area (Å²) in [6.07, 6.45) is 6.67. The van der Waals surface area contributed by atoms with E-state index in [1.807, 2.05) is 6.07 Å². The van der Waals surface area contributed by atoms with Crippen LogP contribution in [0.15, 0.2) is 6.07 Å². The monoisotopic (exact) mass is 294 g/mol. The molecule has 1 N–H and O–H groups in total. The second-order valence-electron chi connectivity index (χ2n) is 5.97. The van der Waals surface area contributed by atoms with Crippen LogP contribution in [0.2, 0.25) is 0 Å². The van der Waals surface area contributed by atoms with Crippen molar-refractivity contribution in [3.8, 4) is 0 Å². The second kappa shape index (κ2) is 6.81. The normalized spacial score (nSPS) is 26.6. The van der Waals surface area contributed by atoms with E-state index >= 15 is 0 Å². The summed E-state index contributed by atoms with van der Waals surface area (Å²) in [5.41, 5.74) is 0.920. The van der Waals surface area contributed by atoms with Crippen molar-refractivity contribution in [1.82, 2.24) is 9.97 Å². The molecule has 20 heavy (non-hydrogen) atoms. The summed E-state index contributed by atoms with van der Waals surface area (Å²) in [7, 11) is 0. The molecule has 4 heteroatoms. The Morgan fingerprint density at radius 3 is 2.95 bits per heavy atom. The maximum absolute atomic E-state index is 6.17. The molecule has 1 heterocycles. The first-order chi connectivity index (χ1) is 9.59. The standard InChI is InChI=1S/C16H26N2OS/c1-4-7-13-10-14(20)18-15(17-13)16(19-5-2)9-6-8-12(3)11-16/h10,12H,4-9,11H2,1-3H3,(H,17,18,20). The molecule has 0 radical (unpaired) electrons. The highest BCUT2D eigenvalue weighted by atomic mass is 32.1. The maximum atomic E-state index is 6.17. The molecule has 0 aliphatic heterocycles. The number of nitrogens with zero attached hydrogens (tertiary/aromatic N) is 1. The van der Waals surface area contributed by atoms with Crippen LogP contribution < -0.4 is 0 Å². The van der Waals surface area contributed by atoms with Crippen LogP contribution in [0.4, 0.5) is 0 Å². The summed E-state index contributed by atoms with van der Waals surface area (Å²) in [6.45, 7) is 7.26. The molecular formula is C16H26N2OS. The van der Waals surface area contributed by atoms with Crippen LogP contribution in [0.5, 0.6) is 0 Å². The van der Waals surface area contributed by atoms with Gasteiger partial charge in [0.15, 0.2) is 0 Å². The summed E-state index contributed by atoms with van der Waals surface area (Å²) < 4.78 is 6.86. The second-order valence-corrected chi connectivity index (χ2v) is 6.39. The molecule has 0 saturated heterocycles. The molecule has 112 valence electrons. The van der Waals surface area contributed by atoms with Gasteiger partial charge in [-0.1, -0.05) is 38.9 Å². The zero-order valence-electron chi connectivity index (χ0n) is 12.9. The van der Waals surface area contributed by atoms with Gasteiger partial charge in [-0.25, -0.2) is 4.98 Å². The quantitative estimate of drug-likeness (QED) is 0.811. The van der Waals surface area contributed by atoms with Gasteiger partial charge in [-0.15, -0.1) is 0 Å². The molecule has 0 bridgehead atoms. The van der Waals surface area contributed by atoms with Gasteiger partial charge in [0.1, 0.15) is 16.1 Å². The Morgan fingerprint density at radius 1 is 1.50 bits per heavy atom. The van der Waals surface area contributed by atoms with Gasteiger partial charge in [0.2, 0.25) is 0 Å². The number of aryl methyl sites for hydroxylation is 1. The Balaban J connectivity index is 2.40. The van der Waals surface area contributed by atoms with E-state index in [0.717, 1.165) is 31.5 Å². The van der Waals surface area contributed by atoms with Gasteiger partial charge in [0.05, 0.1) is 0 Å². The zero-order valence-corrected chi connectivity index (χ0v) is 13.7. The summed E-state index contributed by atoms with van der Waals surface area (Å²) in [6, 6.07) is 1.98. The van der Waals surface area contributed by atoms with E-state index in [1.165, 1.54) is 18.5 Å². The number of H-pyrrole nitrogens is 1. The zero-order chi connectivity index (χ0) is 14.6. The van der Waals surface area contributed by atoms with Gasteiger partial charge in [-0.2, -0.15) is 0 Å². The third-order valence-corrected chi connectivity index (χ3v) is 4.34. The lowest BCUT2D eigenvalue weighted by atomic mass is 9.78. The summed E-state index contributed by atoms with van der Waals surface area (Å²) >= 11 is 5.35. The molecule has 1 fully saturated rings. The molecule has 2 rings (SSSR count). The summed E-state index contributed by atoms with van der Waals surface area (Å²) in [5.74, 6) is 1.62. The molecule has 1 aliphatic carbocycles. The summed E-state index contributed by atoms with van der Waals surface area (Å²) in [4.78, 5) is 8.10. The maximum Gasteiger partial charge on any atom is 0.140 e. The first-order valence-electron chi connectivity index (χ1n) is 7.84. The number of ether oxygens (including phenoxy) is 1. The first kappa shape index (κ1) is 15.6. The van der Waals surface area contributed by atoms with E-state index in [9.17, 15) is 0 Å². The average molecular weight is 294 g/mol. The molecule has 3 nitrogen and oxygen atoms in total. The Bertz CT molecular complexity index is 495. The SMILES string of the molecule is CCCc1cc(=S)nc(C2(OCC)CCCC(C)C2)[nH]1. The Kier molecular flexibility index (Phi) is 5.33. The molecule has 2 unspecified atom stereocenters. The molecule has 1 aromatic rings. The minimum absolute atomic E-state index is 0.260. The third kappa shape index (κ3) is 3.47. The molecule has 0 aromatic carbocycles. The van der Waals surface area contributed by atoms with E-state index in [2.05, 4.69) is 30.7 Å². The fourth-order valence-corrected chi connectivity index (χ4v) is 3.55. The predicted octanol–water partition coefficient (Wildman–Crippen LogP) is 4.53. The van der Waals surface area contributed by atoms with Gasteiger partial charge in [0.25, 0.3) is 0 Å². The van der Waals surface area contributed by atoms with Crippen LogP contribution in [0.25, 0.3) is 0 Å².